The molecule has 1 fully saturated rings. The summed E-state index contributed by atoms with van der Waals surface area (Å²) >= 11 is 0. The molecular weight excluding hydrogens is 196 g/mol. The highest BCUT2D eigenvalue weighted by atomic mass is 16.8. The molecule has 0 aromatic heterocycles. The van der Waals surface area contributed by atoms with Gasteiger partial charge in [-0.3, -0.25) is 0 Å². The summed E-state index contributed by atoms with van der Waals surface area (Å²) in [4.78, 5) is 0. The summed E-state index contributed by atoms with van der Waals surface area (Å²) in [7, 11) is 0. The fourth-order valence-electron chi connectivity index (χ4n) is 1.85. The zero-order valence-corrected chi connectivity index (χ0v) is 9.95. The molecule has 1 unspecified atom stereocenters. The summed E-state index contributed by atoms with van der Waals surface area (Å²) in [6.07, 6.45) is 1.43. The van der Waals surface area contributed by atoms with Gasteiger partial charge in [0.2, 0.25) is 12.1 Å². The van der Waals surface area contributed by atoms with Crippen molar-refractivity contribution < 1.29 is 18.9 Å². The third-order valence-corrected chi connectivity index (χ3v) is 2.40. The Balaban J connectivity index is 2.64. The molecule has 0 aliphatic carbocycles. The SMILES string of the molecule is CCOC(OCC)C1(OCC)CCCO1. The molecule has 0 aromatic carbocycles. The average molecular weight is 218 g/mol. The lowest BCUT2D eigenvalue weighted by molar-refractivity contribution is -0.335. The van der Waals surface area contributed by atoms with Gasteiger partial charge in [0.15, 0.2) is 0 Å². The fourth-order valence-corrected chi connectivity index (χ4v) is 1.85. The molecule has 4 heteroatoms. The smallest absolute Gasteiger partial charge is 0.220 e. The van der Waals surface area contributed by atoms with E-state index in [9.17, 15) is 0 Å². The fraction of sp³-hybridized carbons (Fsp3) is 1.00. The topological polar surface area (TPSA) is 36.9 Å². The average Bonchev–Trinajstić information content (AvgIpc) is 2.68. The van der Waals surface area contributed by atoms with E-state index in [4.69, 9.17) is 18.9 Å². The molecule has 0 amide bonds. The lowest BCUT2D eigenvalue weighted by Gasteiger charge is -2.35. The Kier molecular flexibility index (Phi) is 5.53. The van der Waals surface area contributed by atoms with Crippen molar-refractivity contribution in [2.24, 2.45) is 0 Å². The Labute approximate surface area is 91.8 Å². The predicted octanol–water partition coefficient (Wildman–Crippen LogP) is 1.93. The van der Waals surface area contributed by atoms with Gasteiger partial charge in [0.05, 0.1) is 6.61 Å². The van der Waals surface area contributed by atoms with Crippen LogP contribution in [0.1, 0.15) is 33.6 Å². The molecule has 1 aliphatic heterocycles. The van der Waals surface area contributed by atoms with Crippen molar-refractivity contribution in [3.63, 3.8) is 0 Å². The van der Waals surface area contributed by atoms with Crippen LogP contribution in [0.5, 0.6) is 0 Å². The van der Waals surface area contributed by atoms with E-state index in [1.807, 2.05) is 20.8 Å². The maximum absolute atomic E-state index is 5.69. The van der Waals surface area contributed by atoms with E-state index in [-0.39, 0.29) is 0 Å². The molecule has 15 heavy (non-hydrogen) atoms. The van der Waals surface area contributed by atoms with Crippen LogP contribution in [0.2, 0.25) is 0 Å². The highest BCUT2D eigenvalue weighted by Crippen LogP contribution is 2.32. The summed E-state index contributed by atoms with van der Waals surface area (Å²) in [5.74, 6) is -0.680. The second-order valence-electron chi connectivity index (χ2n) is 3.44. The summed E-state index contributed by atoms with van der Waals surface area (Å²) in [6.45, 7) is 8.37. The zero-order chi connectivity index (χ0) is 11.1. The molecule has 0 spiro atoms. The van der Waals surface area contributed by atoms with Gasteiger partial charge >= 0.3 is 0 Å². The minimum Gasteiger partial charge on any atom is -0.348 e. The standard InChI is InChI=1S/C11H22O4/c1-4-12-10(13-5-2)11(14-6-3)8-7-9-15-11/h10H,4-9H2,1-3H3. The minimum absolute atomic E-state index is 0.407. The molecule has 0 aromatic rings. The summed E-state index contributed by atoms with van der Waals surface area (Å²) in [6, 6.07) is 0. The lowest BCUT2D eigenvalue weighted by atomic mass is 10.2. The van der Waals surface area contributed by atoms with Crippen LogP contribution < -0.4 is 0 Å². The first-order valence-electron chi connectivity index (χ1n) is 5.80. The largest absolute Gasteiger partial charge is 0.348 e. The molecule has 1 saturated heterocycles. The van der Waals surface area contributed by atoms with Crippen LogP contribution in [0, 0.1) is 0 Å². The molecule has 1 atom stereocenters. The van der Waals surface area contributed by atoms with Gasteiger partial charge in [0, 0.05) is 26.2 Å². The maximum Gasteiger partial charge on any atom is 0.220 e. The van der Waals surface area contributed by atoms with Gasteiger partial charge in [-0.1, -0.05) is 0 Å². The van der Waals surface area contributed by atoms with E-state index in [1.54, 1.807) is 0 Å². The van der Waals surface area contributed by atoms with E-state index < -0.39 is 12.1 Å². The van der Waals surface area contributed by atoms with Crippen molar-refractivity contribution in [2.45, 2.75) is 45.7 Å². The first-order chi connectivity index (χ1) is 7.29. The molecule has 0 saturated carbocycles. The first kappa shape index (κ1) is 12.9. The van der Waals surface area contributed by atoms with E-state index in [1.165, 1.54) is 0 Å². The van der Waals surface area contributed by atoms with Crippen molar-refractivity contribution >= 4 is 0 Å². The van der Waals surface area contributed by atoms with E-state index in [0.29, 0.717) is 19.8 Å². The van der Waals surface area contributed by atoms with Crippen LogP contribution >= 0.6 is 0 Å². The molecule has 4 nitrogen and oxygen atoms in total. The van der Waals surface area contributed by atoms with Gasteiger partial charge < -0.3 is 18.9 Å². The van der Waals surface area contributed by atoms with Crippen LogP contribution in [0.15, 0.2) is 0 Å². The number of hydrogen-bond donors (Lipinski definition) is 0. The van der Waals surface area contributed by atoms with Crippen LogP contribution in [-0.4, -0.2) is 38.5 Å². The Morgan fingerprint density at radius 2 is 1.80 bits per heavy atom. The molecular formula is C11H22O4. The maximum atomic E-state index is 5.69. The van der Waals surface area contributed by atoms with Crippen LogP contribution in [0.4, 0.5) is 0 Å². The van der Waals surface area contributed by atoms with Gasteiger partial charge in [-0.2, -0.15) is 0 Å². The first-order valence-corrected chi connectivity index (χ1v) is 5.80. The zero-order valence-electron chi connectivity index (χ0n) is 9.95. The molecule has 1 heterocycles. The van der Waals surface area contributed by atoms with Gasteiger partial charge in [-0.25, -0.2) is 0 Å². The number of ether oxygens (including phenoxy) is 4. The number of hydrogen-bond acceptors (Lipinski definition) is 4. The summed E-state index contributed by atoms with van der Waals surface area (Å²) in [5.41, 5.74) is 0. The van der Waals surface area contributed by atoms with Crippen molar-refractivity contribution in [1.82, 2.24) is 0 Å². The lowest BCUT2D eigenvalue weighted by Crippen LogP contribution is -2.47. The van der Waals surface area contributed by atoms with Crippen molar-refractivity contribution in [3.8, 4) is 0 Å². The van der Waals surface area contributed by atoms with E-state index >= 15 is 0 Å². The van der Waals surface area contributed by atoms with Crippen LogP contribution in [0.25, 0.3) is 0 Å². The van der Waals surface area contributed by atoms with E-state index in [0.717, 1.165) is 19.4 Å². The van der Waals surface area contributed by atoms with Crippen molar-refractivity contribution in [3.05, 3.63) is 0 Å². The number of rotatable bonds is 7. The monoisotopic (exact) mass is 218 g/mol. The summed E-state index contributed by atoms with van der Waals surface area (Å²) in [5, 5.41) is 0. The second-order valence-corrected chi connectivity index (χ2v) is 3.44. The Morgan fingerprint density at radius 1 is 1.13 bits per heavy atom. The molecule has 0 N–H and O–H groups in total. The molecule has 1 rings (SSSR count). The normalized spacial score (nSPS) is 26.4. The highest BCUT2D eigenvalue weighted by Gasteiger charge is 2.45. The van der Waals surface area contributed by atoms with Gasteiger partial charge in [-0.15, -0.1) is 0 Å². The van der Waals surface area contributed by atoms with E-state index in [2.05, 4.69) is 0 Å². The molecule has 1 aliphatic rings. The third kappa shape index (κ3) is 3.14. The molecule has 0 radical (unpaired) electrons. The molecule has 90 valence electrons. The van der Waals surface area contributed by atoms with Crippen molar-refractivity contribution in [1.29, 1.82) is 0 Å². The van der Waals surface area contributed by atoms with Crippen molar-refractivity contribution in [2.75, 3.05) is 26.4 Å². The highest BCUT2D eigenvalue weighted by molar-refractivity contribution is 4.79. The Hall–Kier alpha value is -0.160. The van der Waals surface area contributed by atoms with Crippen LogP contribution in [0.3, 0.4) is 0 Å². The quantitative estimate of drug-likeness (QED) is 0.612. The third-order valence-electron chi connectivity index (χ3n) is 2.40. The van der Waals surface area contributed by atoms with Gasteiger partial charge in [-0.05, 0) is 27.2 Å². The van der Waals surface area contributed by atoms with Gasteiger partial charge in [0.1, 0.15) is 0 Å². The minimum atomic E-state index is -0.680. The second kappa shape index (κ2) is 6.43. The predicted molar refractivity (Wildman–Crippen MR) is 56.6 cm³/mol. The Bertz CT molecular complexity index is 160. The summed E-state index contributed by atoms with van der Waals surface area (Å²) < 4.78 is 22.5. The van der Waals surface area contributed by atoms with Crippen LogP contribution in [-0.2, 0) is 18.9 Å². The Morgan fingerprint density at radius 3 is 2.20 bits per heavy atom. The molecule has 0 bridgehead atoms. The van der Waals surface area contributed by atoms with Gasteiger partial charge in [0.25, 0.3) is 0 Å².